The molecule has 0 heterocycles. The first-order chi connectivity index (χ1) is 12.0. The SMILES string of the molecule is CCCCNc1ccc(NS(=O)(=O)c2ccc(OC)c(OC)c2)cc1. The van der Waals surface area contributed by atoms with Gasteiger partial charge in [-0.15, -0.1) is 0 Å². The maximum absolute atomic E-state index is 12.5. The van der Waals surface area contributed by atoms with E-state index in [2.05, 4.69) is 17.0 Å². The molecule has 0 aliphatic carbocycles. The van der Waals surface area contributed by atoms with Gasteiger partial charge in [-0.25, -0.2) is 8.42 Å². The van der Waals surface area contributed by atoms with Crippen molar-refractivity contribution >= 4 is 21.4 Å². The summed E-state index contributed by atoms with van der Waals surface area (Å²) in [5.41, 5.74) is 1.46. The van der Waals surface area contributed by atoms with Crippen LogP contribution in [-0.4, -0.2) is 29.2 Å². The lowest BCUT2D eigenvalue weighted by molar-refractivity contribution is 0.354. The number of benzene rings is 2. The number of methoxy groups -OCH3 is 2. The minimum atomic E-state index is -3.71. The molecule has 0 aliphatic heterocycles. The molecule has 0 unspecified atom stereocenters. The van der Waals surface area contributed by atoms with E-state index in [9.17, 15) is 8.42 Å². The molecule has 25 heavy (non-hydrogen) atoms. The van der Waals surface area contributed by atoms with Crippen LogP contribution in [0.5, 0.6) is 11.5 Å². The van der Waals surface area contributed by atoms with Gasteiger partial charge in [-0.05, 0) is 42.8 Å². The van der Waals surface area contributed by atoms with Crippen molar-refractivity contribution in [1.82, 2.24) is 0 Å². The molecule has 0 aromatic heterocycles. The summed E-state index contributed by atoms with van der Waals surface area (Å²) in [5.74, 6) is 0.838. The summed E-state index contributed by atoms with van der Waals surface area (Å²) in [7, 11) is -0.746. The minimum Gasteiger partial charge on any atom is -0.493 e. The molecule has 0 atom stereocenters. The molecule has 0 amide bonds. The normalized spacial score (nSPS) is 11.0. The Hall–Kier alpha value is -2.41. The molecule has 7 heteroatoms. The fourth-order valence-electron chi connectivity index (χ4n) is 2.26. The zero-order chi connectivity index (χ0) is 18.3. The predicted octanol–water partition coefficient (Wildman–Crippen LogP) is 3.72. The van der Waals surface area contributed by atoms with Crippen LogP contribution < -0.4 is 19.5 Å². The molecular weight excluding hydrogens is 340 g/mol. The summed E-state index contributed by atoms with van der Waals surface area (Å²) in [6, 6.07) is 11.6. The van der Waals surface area contributed by atoms with Crippen LogP contribution in [0.3, 0.4) is 0 Å². The number of sulfonamides is 1. The Morgan fingerprint density at radius 3 is 2.16 bits per heavy atom. The van der Waals surface area contributed by atoms with Crippen molar-refractivity contribution in [3.05, 3.63) is 42.5 Å². The van der Waals surface area contributed by atoms with Gasteiger partial charge in [0, 0.05) is 24.0 Å². The van der Waals surface area contributed by atoms with E-state index >= 15 is 0 Å². The molecule has 6 nitrogen and oxygen atoms in total. The quantitative estimate of drug-likeness (QED) is 0.663. The van der Waals surface area contributed by atoms with Crippen LogP contribution in [0.2, 0.25) is 0 Å². The second-order valence-corrected chi connectivity index (χ2v) is 7.16. The number of nitrogens with one attached hydrogen (secondary N) is 2. The van der Waals surface area contributed by atoms with Crippen molar-refractivity contribution in [3.8, 4) is 11.5 Å². The molecule has 2 rings (SSSR count). The summed E-state index contributed by atoms with van der Waals surface area (Å²) < 4.78 is 37.9. The second-order valence-electron chi connectivity index (χ2n) is 5.48. The molecule has 0 fully saturated rings. The van der Waals surface area contributed by atoms with Crippen LogP contribution in [0.15, 0.2) is 47.4 Å². The Morgan fingerprint density at radius 1 is 0.920 bits per heavy atom. The van der Waals surface area contributed by atoms with Crippen molar-refractivity contribution in [2.45, 2.75) is 24.7 Å². The van der Waals surface area contributed by atoms with E-state index in [1.54, 1.807) is 18.2 Å². The summed E-state index contributed by atoms with van der Waals surface area (Å²) in [5, 5.41) is 3.29. The number of rotatable bonds is 9. The topological polar surface area (TPSA) is 76.7 Å². The Labute approximate surface area is 149 Å². The molecular formula is C18H24N2O4S. The Bertz CT molecular complexity index is 789. The lowest BCUT2D eigenvalue weighted by Crippen LogP contribution is -2.13. The summed E-state index contributed by atoms with van der Waals surface area (Å²) in [4.78, 5) is 0.107. The van der Waals surface area contributed by atoms with E-state index in [0.29, 0.717) is 17.2 Å². The van der Waals surface area contributed by atoms with Crippen molar-refractivity contribution < 1.29 is 17.9 Å². The van der Waals surface area contributed by atoms with Crippen LogP contribution in [0, 0.1) is 0 Å². The average molecular weight is 364 g/mol. The molecule has 0 spiro atoms. The van der Waals surface area contributed by atoms with Crippen molar-refractivity contribution in [1.29, 1.82) is 0 Å². The number of unbranched alkanes of at least 4 members (excludes halogenated alkanes) is 1. The zero-order valence-electron chi connectivity index (χ0n) is 14.7. The third-order valence-electron chi connectivity index (χ3n) is 3.66. The van der Waals surface area contributed by atoms with Gasteiger partial charge < -0.3 is 14.8 Å². The van der Waals surface area contributed by atoms with Crippen LogP contribution in [-0.2, 0) is 10.0 Å². The first-order valence-corrected chi connectivity index (χ1v) is 9.57. The van der Waals surface area contributed by atoms with Crippen LogP contribution in [0.1, 0.15) is 19.8 Å². The highest BCUT2D eigenvalue weighted by Crippen LogP contribution is 2.30. The van der Waals surface area contributed by atoms with Gasteiger partial charge >= 0.3 is 0 Å². The molecule has 136 valence electrons. The summed E-state index contributed by atoms with van der Waals surface area (Å²) >= 11 is 0. The van der Waals surface area contributed by atoms with Gasteiger partial charge in [-0.2, -0.15) is 0 Å². The molecule has 2 aromatic rings. The third-order valence-corrected chi connectivity index (χ3v) is 5.04. The van der Waals surface area contributed by atoms with Crippen molar-refractivity contribution in [3.63, 3.8) is 0 Å². The van der Waals surface area contributed by atoms with E-state index in [1.807, 2.05) is 12.1 Å². The molecule has 0 saturated carbocycles. The number of ether oxygens (including phenoxy) is 2. The second kappa shape index (κ2) is 8.62. The van der Waals surface area contributed by atoms with E-state index < -0.39 is 10.0 Å². The van der Waals surface area contributed by atoms with Gasteiger partial charge in [0.25, 0.3) is 10.0 Å². The first kappa shape index (κ1) is 18.9. The monoisotopic (exact) mass is 364 g/mol. The predicted molar refractivity (Wildman–Crippen MR) is 100 cm³/mol. The van der Waals surface area contributed by atoms with Gasteiger partial charge in [0.15, 0.2) is 11.5 Å². The maximum Gasteiger partial charge on any atom is 0.262 e. The average Bonchev–Trinajstić information content (AvgIpc) is 2.62. The number of anilines is 2. The molecule has 0 bridgehead atoms. The Balaban J connectivity index is 2.13. The number of hydrogen-bond acceptors (Lipinski definition) is 5. The maximum atomic E-state index is 12.5. The van der Waals surface area contributed by atoms with Gasteiger partial charge in [0.05, 0.1) is 19.1 Å². The van der Waals surface area contributed by atoms with E-state index in [-0.39, 0.29) is 4.90 Å². The molecule has 0 saturated heterocycles. The van der Waals surface area contributed by atoms with Gasteiger partial charge in [0.1, 0.15) is 0 Å². The smallest absolute Gasteiger partial charge is 0.262 e. The molecule has 0 aliphatic rings. The highest BCUT2D eigenvalue weighted by atomic mass is 32.2. The highest BCUT2D eigenvalue weighted by Gasteiger charge is 2.17. The highest BCUT2D eigenvalue weighted by molar-refractivity contribution is 7.92. The van der Waals surface area contributed by atoms with E-state index in [0.717, 1.165) is 25.1 Å². The lowest BCUT2D eigenvalue weighted by atomic mass is 10.2. The summed E-state index contributed by atoms with van der Waals surface area (Å²) in [6.45, 7) is 3.03. The van der Waals surface area contributed by atoms with Crippen molar-refractivity contribution in [2.75, 3.05) is 30.8 Å². The fraction of sp³-hybridized carbons (Fsp3) is 0.333. The molecule has 2 N–H and O–H groups in total. The first-order valence-electron chi connectivity index (χ1n) is 8.09. The zero-order valence-corrected chi connectivity index (χ0v) is 15.5. The largest absolute Gasteiger partial charge is 0.493 e. The summed E-state index contributed by atoms with van der Waals surface area (Å²) in [6.07, 6.45) is 2.21. The Kier molecular flexibility index (Phi) is 6.52. The van der Waals surface area contributed by atoms with Gasteiger partial charge in [0.2, 0.25) is 0 Å². The van der Waals surface area contributed by atoms with E-state index in [4.69, 9.17) is 9.47 Å². The molecule has 0 radical (unpaired) electrons. The number of hydrogen-bond donors (Lipinski definition) is 2. The van der Waals surface area contributed by atoms with Crippen LogP contribution in [0.25, 0.3) is 0 Å². The fourth-order valence-corrected chi connectivity index (χ4v) is 3.34. The van der Waals surface area contributed by atoms with Crippen LogP contribution >= 0.6 is 0 Å². The van der Waals surface area contributed by atoms with Crippen molar-refractivity contribution in [2.24, 2.45) is 0 Å². The Morgan fingerprint density at radius 2 is 1.56 bits per heavy atom. The third kappa shape index (κ3) is 5.03. The van der Waals surface area contributed by atoms with Crippen LogP contribution in [0.4, 0.5) is 11.4 Å². The standard InChI is InChI=1S/C18H24N2O4S/c1-4-5-12-19-14-6-8-15(9-7-14)20-25(21,22)16-10-11-17(23-2)18(13-16)24-3/h6-11,13,19-20H,4-5,12H2,1-3H3. The lowest BCUT2D eigenvalue weighted by Gasteiger charge is -2.12. The molecule has 2 aromatic carbocycles. The van der Waals surface area contributed by atoms with Gasteiger partial charge in [-0.3, -0.25) is 4.72 Å². The van der Waals surface area contributed by atoms with E-state index in [1.165, 1.54) is 26.4 Å². The minimum absolute atomic E-state index is 0.107. The van der Waals surface area contributed by atoms with Gasteiger partial charge in [-0.1, -0.05) is 13.3 Å².